The van der Waals surface area contributed by atoms with Gasteiger partial charge in [-0.05, 0) is 81.9 Å². The third-order valence-electron chi connectivity index (χ3n) is 7.83. The topological polar surface area (TPSA) is 6.48 Å². The maximum Gasteiger partial charge on any atom is 0.0487 e. The highest BCUT2D eigenvalue weighted by Crippen LogP contribution is 2.39. The van der Waals surface area contributed by atoms with Gasteiger partial charge in [0.05, 0.1) is 0 Å². The largest absolute Gasteiger partial charge is 0.344 e. The van der Waals surface area contributed by atoms with Gasteiger partial charge in [0.15, 0.2) is 0 Å². The van der Waals surface area contributed by atoms with Crippen LogP contribution in [0.5, 0.6) is 0 Å². The molecule has 0 radical (unpaired) electrons. The van der Waals surface area contributed by atoms with Gasteiger partial charge in [0.25, 0.3) is 0 Å². The molecule has 7 aromatic carbocycles. The molecule has 0 fully saturated rings. The highest BCUT2D eigenvalue weighted by atomic mass is 15.1. The van der Waals surface area contributed by atoms with Crippen LogP contribution in [0.3, 0.4) is 0 Å². The van der Waals surface area contributed by atoms with E-state index in [9.17, 15) is 0 Å². The third-order valence-corrected chi connectivity index (χ3v) is 7.83. The quantitative estimate of drug-likeness (QED) is 0.213. The van der Waals surface area contributed by atoms with Gasteiger partial charge in [-0.15, -0.1) is 0 Å². The normalized spacial score (nSPS) is 11.0. The van der Waals surface area contributed by atoms with Gasteiger partial charge in [-0.3, -0.25) is 0 Å². The first-order valence-electron chi connectivity index (χ1n) is 14.0. The Morgan fingerprint density at radius 1 is 0.366 bits per heavy atom. The number of fused-ring (bicyclic) bond motifs is 2. The summed E-state index contributed by atoms with van der Waals surface area (Å²) in [6.45, 7) is 0. The van der Waals surface area contributed by atoms with E-state index in [1.54, 1.807) is 0 Å². The molecule has 0 atom stereocenters. The minimum absolute atomic E-state index is 1.11. The van der Waals surface area contributed by atoms with Crippen molar-refractivity contribution in [1.82, 2.24) is 0 Å². The Bertz CT molecular complexity index is 1950. The smallest absolute Gasteiger partial charge is 0.0487 e. The Hall–Kier alpha value is -5.34. The molecular weight excluding hydrogens is 496 g/mol. The molecule has 41 heavy (non-hydrogen) atoms. The fourth-order valence-electron chi connectivity index (χ4n) is 5.68. The van der Waals surface area contributed by atoms with Gasteiger partial charge in [0.2, 0.25) is 0 Å². The van der Waals surface area contributed by atoms with E-state index in [4.69, 9.17) is 0 Å². The molecule has 2 nitrogen and oxygen atoms in total. The lowest BCUT2D eigenvalue weighted by molar-refractivity contribution is 1.21. The molecule has 0 spiro atoms. The van der Waals surface area contributed by atoms with Crippen molar-refractivity contribution < 1.29 is 0 Å². The van der Waals surface area contributed by atoms with Crippen LogP contribution in [0.4, 0.5) is 28.4 Å². The molecule has 0 aliphatic rings. The molecule has 0 unspecified atom stereocenters. The number of benzene rings is 7. The van der Waals surface area contributed by atoms with E-state index in [0.29, 0.717) is 0 Å². The Labute approximate surface area is 241 Å². The van der Waals surface area contributed by atoms with Crippen LogP contribution in [0.2, 0.25) is 0 Å². The molecule has 196 valence electrons. The van der Waals surface area contributed by atoms with Crippen LogP contribution in [0, 0.1) is 0 Å². The Balaban J connectivity index is 1.31. The first kappa shape index (κ1) is 24.7. The summed E-state index contributed by atoms with van der Waals surface area (Å²) in [5.74, 6) is 0. The molecule has 7 rings (SSSR count). The predicted molar refractivity (Wildman–Crippen MR) is 176 cm³/mol. The van der Waals surface area contributed by atoms with Gasteiger partial charge in [-0.25, -0.2) is 0 Å². The predicted octanol–water partition coefficient (Wildman–Crippen LogP) is 10.9. The van der Waals surface area contributed by atoms with Gasteiger partial charge in [0.1, 0.15) is 0 Å². The van der Waals surface area contributed by atoms with Crippen molar-refractivity contribution in [2.45, 2.75) is 0 Å². The van der Waals surface area contributed by atoms with E-state index in [1.165, 1.54) is 38.4 Å². The van der Waals surface area contributed by atoms with Gasteiger partial charge < -0.3 is 9.80 Å². The SMILES string of the molecule is CN(c1ccc(N(c2cccc(-c3ccccc3)c2)c2ccc3ccccc3c2)cc1)c1cccc2ccccc12. The summed E-state index contributed by atoms with van der Waals surface area (Å²) < 4.78 is 0. The van der Waals surface area contributed by atoms with E-state index in [-0.39, 0.29) is 0 Å². The molecule has 0 aliphatic heterocycles. The second-order valence-electron chi connectivity index (χ2n) is 10.4. The highest BCUT2D eigenvalue weighted by molar-refractivity contribution is 5.96. The van der Waals surface area contributed by atoms with E-state index in [1.807, 2.05) is 0 Å². The van der Waals surface area contributed by atoms with Crippen molar-refractivity contribution in [3.8, 4) is 11.1 Å². The van der Waals surface area contributed by atoms with Crippen LogP contribution in [0.15, 0.2) is 164 Å². The zero-order valence-electron chi connectivity index (χ0n) is 23.0. The lowest BCUT2D eigenvalue weighted by Crippen LogP contribution is -2.12. The Morgan fingerprint density at radius 3 is 1.78 bits per heavy atom. The van der Waals surface area contributed by atoms with Crippen molar-refractivity contribution in [2.24, 2.45) is 0 Å². The average Bonchev–Trinajstić information content (AvgIpc) is 3.05. The minimum Gasteiger partial charge on any atom is -0.344 e. The van der Waals surface area contributed by atoms with Crippen LogP contribution in [0.25, 0.3) is 32.7 Å². The highest BCUT2D eigenvalue weighted by Gasteiger charge is 2.15. The van der Waals surface area contributed by atoms with Crippen molar-refractivity contribution >= 4 is 50.0 Å². The fourth-order valence-corrected chi connectivity index (χ4v) is 5.68. The average molecular weight is 527 g/mol. The van der Waals surface area contributed by atoms with E-state index >= 15 is 0 Å². The van der Waals surface area contributed by atoms with Crippen LogP contribution in [-0.4, -0.2) is 7.05 Å². The first-order valence-corrected chi connectivity index (χ1v) is 14.0. The summed E-state index contributed by atoms with van der Waals surface area (Å²) >= 11 is 0. The minimum atomic E-state index is 1.11. The zero-order valence-corrected chi connectivity index (χ0v) is 23.0. The lowest BCUT2D eigenvalue weighted by atomic mass is 10.0. The molecule has 0 saturated heterocycles. The van der Waals surface area contributed by atoms with Crippen molar-refractivity contribution in [2.75, 3.05) is 16.8 Å². The summed E-state index contributed by atoms with van der Waals surface area (Å²) in [4.78, 5) is 4.61. The van der Waals surface area contributed by atoms with Crippen LogP contribution in [0.1, 0.15) is 0 Å². The summed E-state index contributed by atoms with van der Waals surface area (Å²) in [7, 11) is 2.14. The number of anilines is 5. The molecule has 0 aromatic heterocycles. The second-order valence-corrected chi connectivity index (χ2v) is 10.4. The fraction of sp³-hybridized carbons (Fsp3) is 0.0256. The zero-order chi connectivity index (χ0) is 27.6. The summed E-state index contributed by atoms with van der Waals surface area (Å²) in [6.07, 6.45) is 0. The lowest BCUT2D eigenvalue weighted by Gasteiger charge is -2.27. The molecule has 0 bridgehead atoms. The number of hydrogen-bond donors (Lipinski definition) is 0. The number of nitrogens with zero attached hydrogens (tertiary/aromatic N) is 2. The van der Waals surface area contributed by atoms with Crippen molar-refractivity contribution in [3.05, 3.63) is 164 Å². The van der Waals surface area contributed by atoms with Gasteiger partial charge >= 0.3 is 0 Å². The van der Waals surface area contributed by atoms with Crippen LogP contribution < -0.4 is 9.80 Å². The van der Waals surface area contributed by atoms with E-state index in [0.717, 1.165) is 22.7 Å². The van der Waals surface area contributed by atoms with Crippen molar-refractivity contribution in [3.63, 3.8) is 0 Å². The monoisotopic (exact) mass is 526 g/mol. The van der Waals surface area contributed by atoms with Crippen LogP contribution >= 0.6 is 0 Å². The van der Waals surface area contributed by atoms with Gasteiger partial charge in [-0.1, -0.05) is 109 Å². The van der Waals surface area contributed by atoms with Crippen LogP contribution in [-0.2, 0) is 0 Å². The maximum atomic E-state index is 2.35. The molecule has 0 saturated carbocycles. The van der Waals surface area contributed by atoms with Gasteiger partial charge in [0, 0.05) is 40.9 Å². The number of rotatable bonds is 6. The molecule has 0 aliphatic carbocycles. The Kier molecular flexibility index (Phi) is 6.42. The standard InChI is InChI=1S/C39H30N2/c1-40(39-20-10-16-31-14-7-8-19-38(31)39)34-23-25-35(26-24-34)41(37-22-21-30-13-5-6-15-32(30)28-37)36-18-9-17-33(27-36)29-11-3-2-4-12-29/h2-28H,1H3. The molecule has 7 aromatic rings. The van der Waals surface area contributed by atoms with Crippen molar-refractivity contribution in [1.29, 1.82) is 0 Å². The molecule has 0 heterocycles. The van der Waals surface area contributed by atoms with E-state index < -0.39 is 0 Å². The first-order chi connectivity index (χ1) is 20.2. The second kappa shape index (κ2) is 10.7. The molecule has 0 N–H and O–H groups in total. The van der Waals surface area contributed by atoms with E-state index in [2.05, 4.69) is 181 Å². The summed E-state index contributed by atoms with van der Waals surface area (Å²) in [6, 6.07) is 58.5. The molecule has 0 amide bonds. The summed E-state index contributed by atoms with van der Waals surface area (Å²) in [5.41, 5.74) is 8.10. The third kappa shape index (κ3) is 4.81. The Morgan fingerprint density at radius 2 is 0.951 bits per heavy atom. The summed E-state index contributed by atoms with van der Waals surface area (Å²) in [5, 5.41) is 4.95. The van der Waals surface area contributed by atoms with Gasteiger partial charge in [-0.2, -0.15) is 0 Å². The molecular formula is C39H30N2. The molecule has 2 heteroatoms. The maximum absolute atomic E-state index is 2.35. The number of hydrogen-bond acceptors (Lipinski definition) is 2.